The van der Waals surface area contributed by atoms with Gasteiger partial charge < -0.3 is 20.1 Å². The number of anilines is 2. The lowest BCUT2D eigenvalue weighted by Gasteiger charge is -2.16. The number of hydrogen-bond acceptors (Lipinski definition) is 4. The van der Waals surface area contributed by atoms with Crippen LogP contribution in [0.4, 0.5) is 24.5 Å². The highest BCUT2D eigenvalue weighted by molar-refractivity contribution is 5.98. The summed E-state index contributed by atoms with van der Waals surface area (Å²) in [6.45, 7) is 1.26. The van der Waals surface area contributed by atoms with Crippen LogP contribution < -0.4 is 20.1 Å². The van der Waals surface area contributed by atoms with Gasteiger partial charge in [-0.25, -0.2) is 0 Å². The van der Waals surface area contributed by atoms with Crippen LogP contribution in [0.15, 0.2) is 12.1 Å². The molecule has 0 fully saturated rings. The van der Waals surface area contributed by atoms with Gasteiger partial charge in [0, 0.05) is 19.1 Å². The Morgan fingerprint density at radius 2 is 1.43 bits per heavy atom. The quantitative estimate of drug-likeness (QED) is 0.893. The van der Waals surface area contributed by atoms with Gasteiger partial charge >= 0.3 is 12.1 Å². The van der Waals surface area contributed by atoms with Gasteiger partial charge in [0.25, 0.3) is 0 Å². The van der Waals surface area contributed by atoms with E-state index in [1.165, 1.54) is 27.2 Å². The number of nitrogens with one attached hydrogen (secondary N) is 2. The Balaban J connectivity index is 3.21. The van der Waals surface area contributed by atoms with Gasteiger partial charge in [0.2, 0.25) is 5.91 Å². The number of amides is 2. The number of carbonyl (C=O) groups is 2. The molecular weight excluding hydrogens is 293 g/mol. The summed E-state index contributed by atoms with van der Waals surface area (Å²) in [5.74, 6) is -2.53. The van der Waals surface area contributed by atoms with Crippen molar-refractivity contribution in [3.63, 3.8) is 0 Å². The lowest BCUT2D eigenvalue weighted by atomic mass is 10.2. The molecule has 6 nitrogen and oxygen atoms in total. The van der Waals surface area contributed by atoms with E-state index in [9.17, 15) is 22.8 Å². The number of methoxy groups -OCH3 is 2. The molecule has 1 rings (SSSR count). The van der Waals surface area contributed by atoms with Crippen molar-refractivity contribution < 1.29 is 32.2 Å². The zero-order valence-corrected chi connectivity index (χ0v) is 11.4. The summed E-state index contributed by atoms with van der Waals surface area (Å²) in [6, 6.07) is 2.36. The first kappa shape index (κ1) is 16.6. The van der Waals surface area contributed by atoms with E-state index in [0.29, 0.717) is 0 Å². The highest BCUT2D eigenvalue weighted by atomic mass is 19.4. The summed E-state index contributed by atoms with van der Waals surface area (Å²) in [5, 5.41) is 4.11. The predicted molar refractivity (Wildman–Crippen MR) is 68.5 cm³/mol. The van der Waals surface area contributed by atoms with E-state index >= 15 is 0 Å². The van der Waals surface area contributed by atoms with Gasteiger partial charge in [-0.1, -0.05) is 0 Å². The van der Waals surface area contributed by atoms with Crippen LogP contribution in [0.25, 0.3) is 0 Å². The second-order valence-corrected chi connectivity index (χ2v) is 3.89. The first-order valence-corrected chi connectivity index (χ1v) is 5.60. The number of ether oxygens (including phenoxy) is 2. The number of benzene rings is 1. The summed E-state index contributed by atoms with van der Waals surface area (Å²) >= 11 is 0. The molecule has 0 aliphatic rings. The van der Waals surface area contributed by atoms with E-state index in [2.05, 4.69) is 5.32 Å². The second-order valence-electron chi connectivity index (χ2n) is 3.89. The maximum atomic E-state index is 12.3. The van der Waals surface area contributed by atoms with Crippen LogP contribution in [-0.2, 0) is 9.59 Å². The average molecular weight is 306 g/mol. The molecule has 0 aliphatic heterocycles. The first-order chi connectivity index (χ1) is 9.68. The van der Waals surface area contributed by atoms with E-state index in [1.54, 1.807) is 5.32 Å². The third-order valence-electron chi connectivity index (χ3n) is 2.34. The van der Waals surface area contributed by atoms with Crippen molar-refractivity contribution in [3.8, 4) is 11.5 Å². The monoisotopic (exact) mass is 306 g/mol. The molecule has 0 aromatic heterocycles. The minimum atomic E-state index is -5.03. The maximum Gasteiger partial charge on any atom is 0.471 e. The summed E-state index contributed by atoms with van der Waals surface area (Å²) in [4.78, 5) is 22.0. The lowest BCUT2D eigenvalue weighted by Crippen LogP contribution is -2.30. The fourth-order valence-electron chi connectivity index (χ4n) is 1.48. The van der Waals surface area contributed by atoms with Gasteiger partial charge in [0.15, 0.2) is 0 Å². The van der Waals surface area contributed by atoms with Crippen LogP contribution >= 0.6 is 0 Å². The smallest absolute Gasteiger partial charge is 0.471 e. The third kappa shape index (κ3) is 4.26. The molecule has 0 spiro atoms. The van der Waals surface area contributed by atoms with Crippen molar-refractivity contribution in [2.24, 2.45) is 0 Å². The normalized spacial score (nSPS) is 10.8. The molecule has 2 N–H and O–H groups in total. The molecule has 0 unspecified atom stereocenters. The van der Waals surface area contributed by atoms with Crippen LogP contribution in [0.2, 0.25) is 0 Å². The molecule has 0 bridgehead atoms. The van der Waals surface area contributed by atoms with Gasteiger partial charge in [-0.05, 0) is 0 Å². The SMILES string of the molecule is COc1cc(NC(=O)C(F)(F)F)c(OC)cc1NC(C)=O. The molecule has 0 saturated carbocycles. The third-order valence-corrected chi connectivity index (χ3v) is 2.34. The van der Waals surface area contributed by atoms with E-state index in [-0.39, 0.29) is 22.9 Å². The van der Waals surface area contributed by atoms with E-state index in [1.807, 2.05) is 0 Å². The number of carbonyl (C=O) groups excluding carboxylic acids is 2. The molecule has 0 radical (unpaired) electrons. The lowest BCUT2D eigenvalue weighted by molar-refractivity contribution is -0.167. The van der Waals surface area contributed by atoms with Crippen molar-refractivity contribution in [1.29, 1.82) is 0 Å². The molecule has 9 heteroatoms. The summed E-state index contributed by atoms with van der Waals surface area (Å²) in [7, 11) is 2.48. The van der Waals surface area contributed by atoms with Crippen molar-refractivity contribution in [2.75, 3.05) is 24.9 Å². The van der Waals surface area contributed by atoms with E-state index in [0.717, 1.165) is 6.07 Å². The zero-order valence-electron chi connectivity index (χ0n) is 11.4. The Bertz CT molecular complexity index is 558. The minimum absolute atomic E-state index is 0.0582. The van der Waals surface area contributed by atoms with E-state index < -0.39 is 18.0 Å². The molecule has 116 valence electrons. The van der Waals surface area contributed by atoms with Gasteiger partial charge in [-0.3, -0.25) is 9.59 Å². The molecule has 0 aliphatic carbocycles. The number of halogens is 3. The van der Waals surface area contributed by atoms with Gasteiger partial charge in [0.1, 0.15) is 11.5 Å². The molecule has 1 aromatic carbocycles. The first-order valence-electron chi connectivity index (χ1n) is 5.60. The molecule has 1 aromatic rings. The predicted octanol–water partition coefficient (Wildman–Crippen LogP) is 2.16. The molecule has 0 heterocycles. The highest BCUT2D eigenvalue weighted by Crippen LogP contribution is 2.37. The van der Waals surface area contributed by atoms with Crippen LogP contribution in [0.3, 0.4) is 0 Å². The molecule has 21 heavy (non-hydrogen) atoms. The van der Waals surface area contributed by atoms with Crippen LogP contribution in [0.1, 0.15) is 6.92 Å². The largest absolute Gasteiger partial charge is 0.494 e. The van der Waals surface area contributed by atoms with Crippen molar-refractivity contribution in [3.05, 3.63) is 12.1 Å². The Labute approximate surface area is 118 Å². The standard InChI is InChI=1S/C12H13F3N2O4/c1-6(18)16-7-4-10(21-3)8(5-9(7)20-2)17-11(19)12(13,14)15/h4-5H,1-3H3,(H,16,18)(H,17,19). The molecule has 0 atom stereocenters. The van der Waals surface area contributed by atoms with Crippen LogP contribution in [-0.4, -0.2) is 32.2 Å². The summed E-state index contributed by atoms with van der Waals surface area (Å²) < 4.78 is 46.6. The summed E-state index contributed by atoms with van der Waals surface area (Å²) in [5.41, 5.74) is -0.0300. The Kier molecular flexibility index (Phi) is 5.01. The van der Waals surface area contributed by atoms with Crippen LogP contribution in [0, 0.1) is 0 Å². The van der Waals surface area contributed by atoms with Crippen molar-refractivity contribution in [2.45, 2.75) is 13.1 Å². The topological polar surface area (TPSA) is 76.7 Å². The molecule has 2 amide bonds. The second kappa shape index (κ2) is 6.33. The Morgan fingerprint density at radius 3 is 1.76 bits per heavy atom. The molecule has 0 saturated heterocycles. The fourth-order valence-corrected chi connectivity index (χ4v) is 1.48. The Morgan fingerprint density at radius 1 is 1.00 bits per heavy atom. The molecular formula is C12H13F3N2O4. The van der Waals surface area contributed by atoms with E-state index in [4.69, 9.17) is 9.47 Å². The van der Waals surface area contributed by atoms with Gasteiger partial charge in [-0.2, -0.15) is 13.2 Å². The zero-order chi connectivity index (χ0) is 16.2. The summed E-state index contributed by atoms with van der Waals surface area (Å²) in [6.07, 6.45) is -5.03. The number of rotatable bonds is 4. The van der Waals surface area contributed by atoms with Crippen molar-refractivity contribution >= 4 is 23.2 Å². The van der Waals surface area contributed by atoms with Crippen molar-refractivity contribution in [1.82, 2.24) is 0 Å². The fraction of sp³-hybridized carbons (Fsp3) is 0.333. The highest BCUT2D eigenvalue weighted by Gasteiger charge is 2.39. The number of alkyl halides is 3. The van der Waals surface area contributed by atoms with Gasteiger partial charge in [-0.15, -0.1) is 0 Å². The van der Waals surface area contributed by atoms with Gasteiger partial charge in [0.05, 0.1) is 25.6 Å². The Hall–Kier alpha value is -2.45. The number of hydrogen-bond donors (Lipinski definition) is 2. The maximum absolute atomic E-state index is 12.3. The average Bonchev–Trinajstić information content (AvgIpc) is 2.38. The van der Waals surface area contributed by atoms with Crippen LogP contribution in [0.5, 0.6) is 11.5 Å². The minimum Gasteiger partial charge on any atom is -0.494 e.